The van der Waals surface area contributed by atoms with Crippen LogP contribution in [0.25, 0.3) is 23.1 Å². The Hall–Kier alpha value is -2.27. The molecule has 2 aromatic carbocycles. The molecule has 0 aliphatic carbocycles. The maximum absolute atomic E-state index is 12.8. The second kappa shape index (κ2) is 5.61. The predicted molar refractivity (Wildman–Crippen MR) is 85.4 cm³/mol. The van der Waals surface area contributed by atoms with Crippen LogP contribution in [0.4, 0.5) is 4.39 Å². The molecule has 0 spiro atoms. The Kier molecular flexibility index (Phi) is 3.66. The summed E-state index contributed by atoms with van der Waals surface area (Å²) in [7, 11) is 0. The molecule has 104 valence electrons. The summed E-state index contributed by atoms with van der Waals surface area (Å²) in [4.78, 5) is 19.1. The van der Waals surface area contributed by atoms with Crippen LogP contribution in [0.3, 0.4) is 0 Å². The topological polar surface area (TPSA) is 45.8 Å². The summed E-state index contributed by atoms with van der Waals surface area (Å²) in [5, 5.41) is 0.531. The monoisotopic (exact) mass is 344 g/mol. The van der Waals surface area contributed by atoms with Crippen molar-refractivity contribution in [1.29, 1.82) is 0 Å². The highest BCUT2D eigenvalue weighted by Crippen LogP contribution is 2.15. The summed E-state index contributed by atoms with van der Waals surface area (Å²) in [5.74, 6) is 0.175. The van der Waals surface area contributed by atoms with Crippen LogP contribution in [0, 0.1) is 5.82 Å². The fourth-order valence-corrected chi connectivity index (χ4v) is 2.32. The number of halogens is 2. The van der Waals surface area contributed by atoms with E-state index in [-0.39, 0.29) is 11.4 Å². The van der Waals surface area contributed by atoms with Gasteiger partial charge < -0.3 is 4.98 Å². The van der Waals surface area contributed by atoms with Crippen LogP contribution in [-0.2, 0) is 0 Å². The standard InChI is InChI=1S/C16H10BrFN2O/c17-11-4-7-14-13(9-11)16(21)20-15(19-14)8-3-10-1-5-12(18)6-2-10/h1-9H,(H,19,20,21)/b8-3+. The van der Waals surface area contributed by atoms with Gasteiger partial charge in [0.1, 0.15) is 11.6 Å². The molecule has 0 amide bonds. The molecule has 3 rings (SSSR count). The van der Waals surface area contributed by atoms with E-state index < -0.39 is 0 Å². The second-order valence-electron chi connectivity index (χ2n) is 4.50. The van der Waals surface area contributed by atoms with E-state index >= 15 is 0 Å². The molecule has 1 heterocycles. The van der Waals surface area contributed by atoms with Gasteiger partial charge in [0.2, 0.25) is 0 Å². The maximum atomic E-state index is 12.8. The highest BCUT2D eigenvalue weighted by Gasteiger charge is 2.02. The van der Waals surface area contributed by atoms with E-state index in [1.54, 1.807) is 36.4 Å². The minimum atomic E-state index is -0.282. The molecule has 0 aliphatic heterocycles. The first-order chi connectivity index (χ1) is 10.1. The number of hydrogen-bond donors (Lipinski definition) is 1. The lowest BCUT2D eigenvalue weighted by Crippen LogP contribution is -2.09. The molecular formula is C16H10BrFN2O. The first-order valence-corrected chi connectivity index (χ1v) is 7.04. The van der Waals surface area contributed by atoms with Crippen LogP contribution in [0.15, 0.2) is 51.7 Å². The van der Waals surface area contributed by atoms with Gasteiger partial charge in [-0.25, -0.2) is 9.37 Å². The van der Waals surface area contributed by atoms with Gasteiger partial charge in [-0.2, -0.15) is 0 Å². The molecule has 1 aromatic heterocycles. The number of fused-ring (bicyclic) bond motifs is 1. The molecular weight excluding hydrogens is 335 g/mol. The summed E-state index contributed by atoms with van der Waals surface area (Å²) in [6.45, 7) is 0. The first kappa shape index (κ1) is 13.7. The van der Waals surface area contributed by atoms with Crippen molar-refractivity contribution in [2.45, 2.75) is 0 Å². The number of H-pyrrole nitrogens is 1. The fraction of sp³-hybridized carbons (Fsp3) is 0. The summed E-state index contributed by atoms with van der Waals surface area (Å²) in [6, 6.07) is 11.4. The van der Waals surface area contributed by atoms with Crippen molar-refractivity contribution in [3.63, 3.8) is 0 Å². The molecule has 0 saturated heterocycles. The Balaban J connectivity index is 1.99. The van der Waals surface area contributed by atoms with Gasteiger partial charge in [0, 0.05) is 4.47 Å². The van der Waals surface area contributed by atoms with Crippen molar-refractivity contribution < 1.29 is 4.39 Å². The number of aromatic nitrogens is 2. The Morgan fingerprint density at radius 2 is 1.86 bits per heavy atom. The zero-order chi connectivity index (χ0) is 14.8. The highest BCUT2D eigenvalue weighted by molar-refractivity contribution is 9.10. The summed E-state index contributed by atoms with van der Waals surface area (Å²) < 4.78 is 13.7. The summed E-state index contributed by atoms with van der Waals surface area (Å²) >= 11 is 3.33. The predicted octanol–water partition coefficient (Wildman–Crippen LogP) is 4.00. The summed E-state index contributed by atoms with van der Waals surface area (Å²) in [6.07, 6.45) is 3.46. The highest BCUT2D eigenvalue weighted by atomic mass is 79.9. The minimum Gasteiger partial charge on any atom is -0.306 e. The van der Waals surface area contributed by atoms with Gasteiger partial charge in [-0.1, -0.05) is 34.1 Å². The van der Waals surface area contributed by atoms with Gasteiger partial charge in [-0.05, 0) is 42.0 Å². The van der Waals surface area contributed by atoms with Crippen molar-refractivity contribution in [1.82, 2.24) is 9.97 Å². The van der Waals surface area contributed by atoms with Crippen molar-refractivity contribution in [3.8, 4) is 0 Å². The van der Waals surface area contributed by atoms with Crippen LogP contribution < -0.4 is 5.56 Å². The Morgan fingerprint density at radius 3 is 2.62 bits per heavy atom. The van der Waals surface area contributed by atoms with Crippen molar-refractivity contribution in [2.24, 2.45) is 0 Å². The second-order valence-corrected chi connectivity index (χ2v) is 5.41. The zero-order valence-electron chi connectivity index (χ0n) is 10.8. The Bertz CT molecular complexity index is 885. The van der Waals surface area contributed by atoms with E-state index in [1.807, 2.05) is 6.07 Å². The van der Waals surface area contributed by atoms with E-state index in [0.29, 0.717) is 16.7 Å². The van der Waals surface area contributed by atoms with Gasteiger partial charge in [0.05, 0.1) is 10.9 Å². The van der Waals surface area contributed by atoms with Crippen molar-refractivity contribution >= 4 is 39.0 Å². The zero-order valence-corrected chi connectivity index (χ0v) is 12.4. The molecule has 1 N–H and O–H groups in total. The average molecular weight is 345 g/mol. The normalized spacial score (nSPS) is 11.3. The van der Waals surface area contributed by atoms with E-state index in [4.69, 9.17) is 0 Å². The van der Waals surface area contributed by atoms with Crippen LogP contribution in [0.1, 0.15) is 11.4 Å². The minimum absolute atomic E-state index is 0.194. The van der Waals surface area contributed by atoms with Gasteiger partial charge in [-0.3, -0.25) is 4.79 Å². The van der Waals surface area contributed by atoms with E-state index in [9.17, 15) is 9.18 Å². The molecule has 5 heteroatoms. The summed E-state index contributed by atoms with van der Waals surface area (Å²) in [5.41, 5.74) is 1.26. The van der Waals surface area contributed by atoms with Gasteiger partial charge in [0.25, 0.3) is 5.56 Å². The van der Waals surface area contributed by atoms with Crippen molar-refractivity contribution in [2.75, 3.05) is 0 Å². The Morgan fingerprint density at radius 1 is 1.10 bits per heavy atom. The van der Waals surface area contributed by atoms with Crippen LogP contribution in [0.2, 0.25) is 0 Å². The molecule has 3 nitrogen and oxygen atoms in total. The number of benzene rings is 2. The van der Waals surface area contributed by atoms with E-state index in [2.05, 4.69) is 25.9 Å². The Labute approximate surface area is 128 Å². The maximum Gasteiger partial charge on any atom is 0.259 e. The van der Waals surface area contributed by atoms with Crippen LogP contribution in [0.5, 0.6) is 0 Å². The third-order valence-electron chi connectivity index (χ3n) is 2.99. The number of hydrogen-bond acceptors (Lipinski definition) is 2. The van der Waals surface area contributed by atoms with Gasteiger partial charge in [0.15, 0.2) is 0 Å². The fourth-order valence-electron chi connectivity index (χ4n) is 1.96. The molecule has 0 saturated carbocycles. The smallest absolute Gasteiger partial charge is 0.259 e. The molecule has 0 atom stereocenters. The molecule has 0 radical (unpaired) electrons. The van der Waals surface area contributed by atoms with Crippen LogP contribution in [-0.4, -0.2) is 9.97 Å². The largest absolute Gasteiger partial charge is 0.306 e. The van der Waals surface area contributed by atoms with E-state index in [0.717, 1.165) is 10.0 Å². The third kappa shape index (κ3) is 3.08. The van der Waals surface area contributed by atoms with Crippen LogP contribution >= 0.6 is 15.9 Å². The number of aromatic amines is 1. The number of rotatable bonds is 2. The lowest BCUT2D eigenvalue weighted by molar-refractivity contribution is 0.628. The lowest BCUT2D eigenvalue weighted by Gasteiger charge is -2.00. The van der Waals surface area contributed by atoms with Gasteiger partial charge in [-0.15, -0.1) is 0 Å². The molecule has 21 heavy (non-hydrogen) atoms. The average Bonchev–Trinajstić information content (AvgIpc) is 2.47. The molecule has 3 aromatic rings. The number of nitrogens with zero attached hydrogens (tertiary/aromatic N) is 1. The van der Waals surface area contributed by atoms with Gasteiger partial charge >= 0.3 is 0 Å². The first-order valence-electron chi connectivity index (χ1n) is 6.25. The van der Waals surface area contributed by atoms with E-state index in [1.165, 1.54) is 12.1 Å². The quantitative estimate of drug-likeness (QED) is 0.763. The molecule has 0 unspecified atom stereocenters. The SMILES string of the molecule is O=c1[nH]c(/C=C/c2ccc(F)cc2)nc2ccc(Br)cc12. The van der Waals surface area contributed by atoms with Crippen molar-refractivity contribution in [3.05, 3.63) is 74.5 Å². The molecule has 0 bridgehead atoms. The number of nitrogens with one attached hydrogen (secondary N) is 1. The lowest BCUT2D eigenvalue weighted by atomic mass is 10.2. The third-order valence-corrected chi connectivity index (χ3v) is 3.48. The molecule has 0 aliphatic rings. The molecule has 0 fully saturated rings.